The molecule has 11 heteroatoms. The van der Waals surface area contributed by atoms with E-state index in [0.717, 1.165) is 6.42 Å². The van der Waals surface area contributed by atoms with Crippen LogP contribution in [0.2, 0.25) is 0 Å². The fraction of sp³-hybridized carbons (Fsp3) is 0.400. The normalized spacial score (nSPS) is 11.5. The van der Waals surface area contributed by atoms with E-state index in [4.69, 9.17) is 5.73 Å². The number of rotatable bonds is 8. The number of unbranched alkanes of at least 4 members (excludes halogenated alkanes) is 1. The van der Waals surface area contributed by atoms with Crippen molar-refractivity contribution < 1.29 is 9.90 Å². The number of fused-ring (bicyclic) bond motifs is 1. The lowest BCUT2D eigenvalue weighted by Crippen LogP contribution is -2.36. The number of nitrogens with one attached hydrogen (secondary N) is 3. The third-order valence-corrected chi connectivity index (χ3v) is 4.12. The van der Waals surface area contributed by atoms with Crippen LogP contribution in [0.25, 0.3) is 11.0 Å². The Hall–Kier alpha value is -1.01. The van der Waals surface area contributed by atoms with E-state index in [0.29, 0.717) is 40.5 Å². The number of aromatic nitrogens is 2. The first-order chi connectivity index (χ1) is 11.4. The first-order valence-electron chi connectivity index (χ1n) is 7.53. The van der Waals surface area contributed by atoms with Crippen LogP contribution in [0.15, 0.2) is 26.2 Å². The summed E-state index contributed by atoms with van der Waals surface area (Å²) in [6.07, 6.45) is 1.94. The van der Waals surface area contributed by atoms with Gasteiger partial charge < -0.3 is 26.1 Å². The molecule has 6 N–H and O–H groups in total. The molecule has 146 valence electrons. The molecular formula is C15H21Br3N4O4. The maximum Gasteiger partial charge on any atom is 0.320 e. The van der Waals surface area contributed by atoms with Crippen molar-refractivity contribution in [2.45, 2.75) is 31.8 Å². The van der Waals surface area contributed by atoms with Gasteiger partial charge in [0.1, 0.15) is 6.04 Å². The largest absolute Gasteiger partial charge is 0.480 e. The van der Waals surface area contributed by atoms with E-state index in [9.17, 15) is 19.5 Å². The third kappa shape index (κ3) is 6.62. The Bertz CT molecular complexity index is 853. The summed E-state index contributed by atoms with van der Waals surface area (Å²) in [6, 6.07) is 2.73. The Kier molecular flexibility index (Phi) is 11.2. The highest BCUT2D eigenvalue weighted by Gasteiger charge is 2.17. The van der Waals surface area contributed by atoms with Crippen LogP contribution in [-0.4, -0.2) is 33.6 Å². The summed E-state index contributed by atoms with van der Waals surface area (Å²) in [6.45, 7) is 0.759. The van der Waals surface area contributed by atoms with Crippen LogP contribution in [0.5, 0.6) is 0 Å². The number of carboxylic acids is 1. The van der Waals surface area contributed by atoms with Gasteiger partial charge in [-0.1, -0.05) is 22.4 Å². The van der Waals surface area contributed by atoms with Crippen LogP contribution in [0.3, 0.4) is 0 Å². The molecule has 0 saturated heterocycles. The summed E-state index contributed by atoms with van der Waals surface area (Å²) in [5.41, 5.74) is 5.57. The fourth-order valence-electron chi connectivity index (χ4n) is 2.44. The molecule has 0 unspecified atom stereocenters. The topological polar surface area (TPSA) is 141 Å². The van der Waals surface area contributed by atoms with Crippen molar-refractivity contribution in [2.24, 2.45) is 5.73 Å². The average molecular weight is 561 g/mol. The predicted molar refractivity (Wildman–Crippen MR) is 115 cm³/mol. The highest BCUT2D eigenvalue weighted by Crippen LogP contribution is 2.20. The van der Waals surface area contributed by atoms with E-state index >= 15 is 0 Å². The molecule has 26 heavy (non-hydrogen) atoms. The quantitative estimate of drug-likeness (QED) is 0.246. The average Bonchev–Trinajstić information content (AvgIpc) is 2.52. The second-order valence-electron chi connectivity index (χ2n) is 5.45. The second kappa shape index (κ2) is 11.7. The summed E-state index contributed by atoms with van der Waals surface area (Å²) in [4.78, 5) is 39.4. The number of hydrogen-bond donors (Lipinski definition) is 5. The summed E-state index contributed by atoms with van der Waals surface area (Å²) < 4.78 is 0.713. The van der Waals surface area contributed by atoms with Gasteiger partial charge in [-0.25, -0.2) is 0 Å². The van der Waals surface area contributed by atoms with E-state index in [-0.39, 0.29) is 40.5 Å². The van der Waals surface area contributed by atoms with E-state index in [1.165, 1.54) is 0 Å². The summed E-state index contributed by atoms with van der Waals surface area (Å²) in [5, 5.41) is 12.3. The monoisotopic (exact) mass is 558 g/mol. The van der Waals surface area contributed by atoms with Crippen LogP contribution in [0.1, 0.15) is 24.8 Å². The van der Waals surface area contributed by atoms with Crippen LogP contribution in [-0.2, 0) is 11.3 Å². The van der Waals surface area contributed by atoms with E-state index < -0.39 is 23.1 Å². The van der Waals surface area contributed by atoms with E-state index in [1.807, 2.05) is 0 Å². The molecule has 2 aromatic rings. The predicted octanol–water partition coefficient (Wildman–Crippen LogP) is 1.81. The minimum atomic E-state index is -0.937. The number of hydrogen-bond acceptors (Lipinski definition) is 5. The van der Waals surface area contributed by atoms with Crippen molar-refractivity contribution in [3.05, 3.63) is 42.9 Å². The maximum atomic E-state index is 11.6. The first kappa shape index (κ1) is 25.0. The number of H-pyrrole nitrogens is 2. The molecule has 1 aromatic carbocycles. The van der Waals surface area contributed by atoms with Crippen LogP contribution in [0, 0.1) is 0 Å². The molecule has 0 fully saturated rings. The van der Waals surface area contributed by atoms with E-state index in [1.54, 1.807) is 12.1 Å². The lowest BCUT2D eigenvalue weighted by molar-refractivity contribution is -0.139. The minimum Gasteiger partial charge on any atom is -0.480 e. The van der Waals surface area contributed by atoms with Gasteiger partial charge in [0, 0.05) is 11.0 Å². The summed E-state index contributed by atoms with van der Waals surface area (Å²) in [7, 11) is 0. The van der Waals surface area contributed by atoms with Crippen LogP contribution < -0.4 is 22.2 Å². The molecule has 2 rings (SSSR count). The number of nitrogens with two attached hydrogens (primary N) is 1. The van der Waals surface area contributed by atoms with Crippen molar-refractivity contribution in [1.82, 2.24) is 15.3 Å². The van der Waals surface area contributed by atoms with E-state index in [2.05, 4.69) is 31.2 Å². The smallest absolute Gasteiger partial charge is 0.320 e. The molecule has 0 saturated carbocycles. The molecule has 0 amide bonds. The number of aliphatic carboxylic acids is 1. The molecule has 0 radical (unpaired) electrons. The van der Waals surface area contributed by atoms with Crippen molar-refractivity contribution in [1.29, 1.82) is 0 Å². The van der Waals surface area contributed by atoms with Crippen molar-refractivity contribution >= 4 is 66.9 Å². The van der Waals surface area contributed by atoms with Gasteiger partial charge in [-0.15, -0.1) is 34.0 Å². The van der Waals surface area contributed by atoms with Gasteiger partial charge in [0.25, 0.3) is 0 Å². The van der Waals surface area contributed by atoms with Gasteiger partial charge in [0.05, 0.1) is 11.0 Å². The third-order valence-electron chi connectivity index (χ3n) is 3.66. The van der Waals surface area contributed by atoms with Crippen molar-refractivity contribution in [2.75, 3.05) is 6.54 Å². The Morgan fingerprint density at radius 1 is 1.19 bits per heavy atom. The molecule has 1 atom stereocenters. The lowest BCUT2D eigenvalue weighted by atomic mass is 10.1. The van der Waals surface area contributed by atoms with Gasteiger partial charge in [-0.3, -0.25) is 14.4 Å². The molecule has 1 heterocycles. The zero-order chi connectivity index (χ0) is 17.7. The highest BCUT2D eigenvalue weighted by atomic mass is 79.9. The maximum absolute atomic E-state index is 11.6. The molecule has 0 aliphatic carbocycles. The zero-order valence-corrected chi connectivity index (χ0v) is 18.7. The molecule has 0 spiro atoms. The Balaban J connectivity index is 0.00000312. The van der Waals surface area contributed by atoms with Gasteiger partial charge >= 0.3 is 17.1 Å². The number of aromatic amines is 2. The SMILES string of the molecule is Br.Br.NCCCC[C@H](NCc1cc(Br)cc2[nH]c(=O)c(=O)[nH]c12)C(=O)O. The standard InChI is InChI=1S/C15H19BrN4O4.2BrH/c16-9-5-8(7-18-10(15(23)24)3-1-2-4-17)12-11(6-9)19-13(21)14(22)20-12;;/h5-6,10,18H,1-4,7,17H2,(H,19,21)(H,20,22)(H,23,24);2*1H/t10-;;/m0../s1. The fourth-order valence-corrected chi connectivity index (χ4v) is 2.94. The number of carboxylic acid groups (broad SMARTS) is 1. The van der Waals surface area contributed by atoms with Crippen molar-refractivity contribution in [3.63, 3.8) is 0 Å². The Morgan fingerprint density at radius 3 is 2.46 bits per heavy atom. The number of carbonyl (C=O) groups is 1. The molecule has 0 bridgehead atoms. The molecule has 0 aliphatic rings. The molecular weight excluding hydrogens is 540 g/mol. The Morgan fingerprint density at radius 2 is 1.85 bits per heavy atom. The molecule has 8 nitrogen and oxygen atoms in total. The van der Waals surface area contributed by atoms with Crippen molar-refractivity contribution in [3.8, 4) is 0 Å². The number of benzene rings is 1. The first-order valence-corrected chi connectivity index (χ1v) is 8.32. The molecule has 0 aliphatic heterocycles. The van der Waals surface area contributed by atoms with Gasteiger partial charge in [0.2, 0.25) is 0 Å². The van der Waals surface area contributed by atoms with Crippen LogP contribution >= 0.6 is 49.9 Å². The zero-order valence-electron chi connectivity index (χ0n) is 13.7. The highest BCUT2D eigenvalue weighted by molar-refractivity contribution is 9.10. The lowest BCUT2D eigenvalue weighted by Gasteiger charge is -2.15. The second-order valence-corrected chi connectivity index (χ2v) is 6.37. The van der Waals surface area contributed by atoms with Crippen LogP contribution in [0.4, 0.5) is 0 Å². The van der Waals surface area contributed by atoms with Gasteiger partial charge in [0.15, 0.2) is 0 Å². The Labute approximate surface area is 178 Å². The molecule has 1 aromatic heterocycles. The number of halogens is 3. The summed E-state index contributed by atoms with van der Waals surface area (Å²) >= 11 is 3.34. The summed E-state index contributed by atoms with van der Waals surface area (Å²) in [5.74, 6) is -0.937. The minimum absolute atomic E-state index is 0. The van der Waals surface area contributed by atoms with Gasteiger partial charge in [-0.2, -0.15) is 0 Å². The van der Waals surface area contributed by atoms with Gasteiger partial charge in [-0.05, 0) is 37.1 Å².